The summed E-state index contributed by atoms with van der Waals surface area (Å²) in [5.41, 5.74) is 6.13. The number of benzene rings is 1. The minimum Gasteiger partial charge on any atom is -0.454 e. The first-order valence-corrected chi connectivity index (χ1v) is 6.99. The van der Waals surface area contributed by atoms with Crippen LogP contribution in [0, 0.1) is 5.92 Å². The smallest absolute Gasteiger partial charge is 0.251 e. The predicted molar refractivity (Wildman–Crippen MR) is 77.3 cm³/mol. The molecule has 0 fully saturated rings. The molecule has 3 N–H and O–H groups in total. The summed E-state index contributed by atoms with van der Waals surface area (Å²) in [6, 6.07) is 3.16. The maximum Gasteiger partial charge on any atom is 0.251 e. The molecule has 1 heterocycles. The second kappa shape index (κ2) is 6.33. The van der Waals surface area contributed by atoms with Gasteiger partial charge in [0.2, 0.25) is 6.79 Å². The van der Waals surface area contributed by atoms with Gasteiger partial charge in [0, 0.05) is 18.2 Å². The van der Waals surface area contributed by atoms with Gasteiger partial charge >= 0.3 is 0 Å². The van der Waals surface area contributed by atoms with Crippen LogP contribution >= 0.6 is 11.6 Å². The van der Waals surface area contributed by atoms with Crippen LogP contribution in [-0.2, 0) is 0 Å². The lowest BCUT2D eigenvalue weighted by molar-refractivity contribution is 0.0933. The first-order valence-electron chi connectivity index (χ1n) is 6.61. The minimum absolute atomic E-state index is 0.0494. The highest BCUT2D eigenvalue weighted by atomic mass is 35.5. The number of carbonyl (C=O) groups is 1. The number of nitrogens with one attached hydrogen (secondary N) is 1. The SMILES string of the molecule is CC(C)CC(CN)NC(=O)c1cc(Cl)c2c(c1)OCO2. The Labute approximate surface area is 123 Å². The van der Waals surface area contributed by atoms with E-state index in [1.807, 2.05) is 0 Å². The summed E-state index contributed by atoms with van der Waals surface area (Å²) >= 11 is 6.06. The molecule has 0 spiro atoms. The van der Waals surface area contributed by atoms with E-state index < -0.39 is 0 Å². The monoisotopic (exact) mass is 298 g/mol. The Morgan fingerprint density at radius 1 is 1.45 bits per heavy atom. The summed E-state index contributed by atoms with van der Waals surface area (Å²) in [6.07, 6.45) is 0.834. The van der Waals surface area contributed by atoms with Gasteiger partial charge in [0.1, 0.15) is 0 Å². The van der Waals surface area contributed by atoms with Gasteiger partial charge in [-0.2, -0.15) is 0 Å². The van der Waals surface area contributed by atoms with Gasteiger partial charge in [-0.05, 0) is 24.5 Å². The van der Waals surface area contributed by atoms with Crippen LogP contribution in [0.5, 0.6) is 11.5 Å². The van der Waals surface area contributed by atoms with Crippen molar-refractivity contribution in [3.8, 4) is 11.5 Å². The summed E-state index contributed by atoms with van der Waals surface area (Å²) in [6.45, 7) is 4.71. The third-order valence-electron chi connectivity index (χ3n) is 3.07. The highest BCUT2D eigenvalue weighted by Gasteiger charge is 2.21. The van der Waals surface area contributed by atoms with Crippen LogP contribution < -0.4 is 20.5 Å². The van der Waals surface area contributed by atoms with Crippen LogP contribution in [0.2, 0.25) is 5.02 Å². The van der Waals surface area contributed by atoms with E-state index in [4.69, 9.17) is 26.8 Å². The molecule has 1 amide bonds. The molecular formula is C14H19ClN2O3. The Balaban J connectivity index is 2.11. The predicted octanol–water partition coefficient (Wildman–Crippen LogP) is 2.17. The molecule has 5 nitrogen and oxygen atoms in total. The Morgan fingerprint density at radius 3 is 2.85 bits per heavy atom. The van der Waals surface area contributed by atoms with Crippen molar-refractivity contribution < 1.29 is 14.3 Å². The Bertz CT molecular complexity index is 505. The molecule has 0 aromatic heterocycles. The minimum atomic E-state index is -0.207. The summed E-state index contributed by atoms with van der Waals surface area (Å²) in [5, 5.41) is 3.29. The fraction of sp³-hybridized carbons (Fsp3) is 0.500. The topological polar surface area (TPSA) is 73.6 Å². The summed E-state index contributed by atoms with van der Waals surface area (Å²) in [4.78, 5) is 12.2. The van der Waals surface area contributed by atoms with E-state index in [1.54, 1.807) is 12.1 Å². The van der Waals surface area contributed by atoms with Crippen LogP contribution in [-0.4, -0.2) is 25.3 Å². The van der Waals surface area contributed by atoms with Gasteiger partial charge in [-0.3, -0.25) is 4.79 Å². The Hall–Kier alpha value is -1.46. The number of fused-ring (bicyclic) bond motifs is 1. The summed E-state index contributed by atoms with van der Waals surface area (Å²) < 4.78 is 10.5. The molecular weight excluding hydrogens is 280 g/mol. The molecule has 1 aromatic carbocycles. The first-order chi connectivity index (χ1) is 9.51. The molecule has 0 radical (unpaired) electrons. The first kappa shape index (κ1) is 14.9. The number of nitrogens with two attached hydrogens (primary N) is 1. The molecule has 110 valence electrons. The third-order valence-corrected chi connectivity index (χ3v) is 3.35. The second-order valence-corrected chi connectivity index (χ2v) is 5.63. The zero-order valence-electron chi connectivity index (χ0n) is 11.6. The van der Waals surface area contributed by atoms with Crippen molar-refractivity contribution in [3.63, 3.8) is 0 Å². The van der Waals surface area contributed by atoms with Gasteiger partial charge in [0.25, 0.3) is 5.91 Å². The van der Waals surface area contributed by atoms with Gasteiger partial charge in [0.05, 0.1) is 5.02 Å². The van der Waals surface area contributed by atoms with Crippen molar-refractivity contribution in [2.45, 2.75) is 26.3 Å². The molecule has 0 saturated carbocycles. The number of amides is 1. The zero-order valence-corrected chi connectivity index (χ0v) is 12.4. The third kappa shape index (κ3) is 3.35. The molecule has 0 bridgehead atoms. The maximum absolute atomic E-state index is 12.2. The van der Waals surface area contributed by atoms with Gasteiger partial charge in [-0.25, -0.2) is 0 Å². The van der Waals surface area contributed by atoms with Crippen molar-refractivity contribution in [2.24, 2.45) is 11.7 Å². The normalized spacial score (nSPS) is 14.4. The van der Waals surface area contributed by atoms with E-state index in [0.717, 1.165) is 6.42 Å². The number of ether oxygens (including phenoxy) is 2. The number of hydrogen-bond acceptors (Lipinski definition) is 4. The molecule has 1 aromatic rings. The molecule has 0 aliphatic carbocycles. The average molecular weight is 299 g/mol. The largest absolute Gasteiger partial charge is 0.454 e. The fourth-order valence-corrected chi connectivity index (χ4v) is 2.42. The van der Waals surface area contributed by atoms with Crippen LogP contribution in [0.25, 0.3) is 0 Å². The van der Waals surface area contributed by atoms with E-state index in [2.05, 4.69) is 19.2 Å². The Morgan fingerprint density at radius 2 is 2.20 bits per heavy atom. The lowest BCUT2D eigenvalue weighted by Crippen LogP contribution is -2.41. The van der Waals surface area contributed by atoms with E-state index in [1.165, 1.54) is 0 Å². The van der Waals surface area contributed by atoms with Gasteiger partial charge in [0.15, 0.2) is 11.5 Å². The second-order valence-electron chi connectivity index (χ2n) is 5.23. The van der Waals surface area contributed by atoms with Crippen LogP contribution in [0.3, 0.4) is 0 Å². The van der Waals surface area contributed by atoms with Crippen LogP contribution in [0.15, 0.2) is 12.1 Å². The maximum atomic E-state index is 12.2. The van der Waals surface area contributed by atoms with Crippen molar-refractivity contribution in [1.82, 2.24) is 5.32 Å². The lowest BCUT2D eigenvalue weighted by atomic mass is 10.0. The summed E-state index contributed by atoms with van der Waals surface area (Å²) in [5.74, 6) is 1.24. The summed E-state index contributed by atoms with van der Waals surface area (Å²) in [7, 11) is 0. The van der Waals surface area contributed by atoms with Crippen LogP contribution in [0.1, 0.15) is 30.6 Å². The molecule has 1 aliphatic heterocycles. The molecule has 2 rings (SSSR count). The average Bonchev–Trinajstić information content (AvgIpc) is 2.86. The van der Waals surface area contributed by atoms with Gasteiger partial charge in [-0.1, -0.05) is 25.4 Å². The molecule has 6 heteroatoms. The highest BCUT2D eigenvalue weighted by Crippen LogP contribution is 2.39. The molecule has 1 unspecified atom stereocenters. The van der Waals surface area contributed by atoms with Gasteiger partial charge in [-0.15, -0.1) is 0 Å². The van der Waals surface area contributed by atoms with Crippen molar-refractivity contribution in [1.29, 1.82) is 0 Å². The number of rotatable bonds is 5. The highest BCUT2D eigenvalue weighted by molar-refractivity contribution is 6.32. The van der Waals surface area contributed by atoms with E-state index in [0.29, 0.717) is 34.5 Å². The standard InChI is InChI=1S/C14H19ClN2O3/c1-8(2)3-10(6-16)17-14(18)9-4-11(15)13-12(5-9)19-7-20-13/h4-5,8,10H,3,6-7,16H2,1-2H3,(H,17,18). The molecule has 1 aliphatic rings. The zero-order chi connectivity index (χ0) is 14.7. The number of carbonyl (C=O) groups excluding carboxylic acids is 1. The molecule has 20 heavy (non-hydrogen) atoms. The Kier molecular flexibility index (Phi) is 4.73. The van der Waals surface area contributed by atoms with Crippen LogP contribution in [0.4, 0.5) is 0 Å². The number of hydrogen-bond donors (Lipinski definition) is 2. The van der Waals surface area contributed by atoms with Crippen molar-refractivity contribution in [3.05, 3.63) is 22.7 Å². The van der Waals surface area contributed by atoms with Crippen molar-refractivity contribution in [2.75, 3.05) is 13.3 Å². The molecule has 0 saturated heterocycles. The van der Waals surface area contributed by atoms with Gasteiger partial charge < -0.3 is 20.5 Å². The lowest BCUT2D eigenvalue weighted by Gasteiger charge is -2.19. The van der Waals surface area contributed by atoms with E-state index in [9.17, 15) is 4.79 Å². The fourth-order valence-electron chi connectivity index (χ4n) is 2.15. The quantitative estimate of drug-likeness (QED) is 0.874. The number of halogens is 1. The van der Waals surface area contributed by atoms with E-state index in [-0.39, 0.29) is 18.7 Å². The van der Waals surface area contributed by atoms with Crippen molar-refractivity contribution >= 4 is 17.5 Å². The van der Waals surface area contributed by atoms with E-state index >= 15 is 0 Å². The molecule has 1 atom stereocenters.